The molecule has 8 N–H and O–H groups in total. The molecule has 9 fully saturated rings. The van der Waals surface area contributed by atoms with Crippen LogP contribution in [-0.2, 0) is 0 Å². The third kappa shape index (κ3) is 5.52. The molecule has 0 aromatic rings. The molecule has 42 heavy (non-hydrogen) atoms. The number of halogens is 1. The maximum absolute atomic E-state index is 4.26. The Morgan fingerprint density at radius 3 is 0.476 bits per heavy atom. The number of rotatable bonds is 0. The van der Waals surface area contributed by atoms with Gasteiger partial charge >= 0.3 is 18.9 Å². The van der Waals surface area contributed by atoms with Gasteiger partial charge in [0.2, 0.25) is 0 Å². The molecule has 232 valence electrons. The molecule has 0 aromatic heterocycles. The van der Waals surface area contributed by atoms with E-state index in [1.807, 2.05) is 0 Å². The van der Waals surface area contributed by atoms with Crippen LogP contribution in [0.25, 0.3) is 0 Å². The van der Waals surface area contributed by atoms with E-state index in [1.165, 1.54) is 103 Å². The molecule has 0 spiro atoms. The number of fused-ring (bicyclic) bond motifs is 20. The molecule has 5 aliphatic heterocycles. The standard InChI is InChI=1S/C32H56N8.HI.Li/c1-2-10-18-17(9-1)25-33-26(18)38-28-21-13-5-6-14-22(21)30(35-28)40-32-24-16-8-7-15-23(24)31(36-32)39-29-20-12-4-3-11-19(20)27(34-29)37-25;;/h17-40H,1-16H2;1H;/q;;+1/p-1. The van der Waals surface area contributed by atoms with Crippen LogP contribution in [0.2, 0.25) is 0 Å². The molecule has 4 saturated carbocycles. The molecule has 9 rings (SSSR count). The predicted octanol–water partition coefficient (Wildman–Crippen LogP) is -3.39. The monoisotopic (exact) mass is 686 g/mol. The molecule has 0 radical (unpaired) electrons. The van der Waals surface area contributed by atoms with E-state index in [1.54, 1.807) is 0 Å². The van der Waals surface area contributed by atoms with Gasteiger partial charge in [0.1, 0.15) is 0 Å². The van der Waals surface area contributed by atoms with Crippen molar-refractivity contribution in [1.82, 2.24) is 42.5 Å². The molecule has 10 heteroatoms. The van der Waals surface area contributed by atoms with Gasteiger partial charge in [-0.2, -0.15) is 0 Å². The van der Waals surface area contributed by atoms with Gasteiger partial charge in [-0.25, -0.2) is 0 Å². The van der Waals surface area contributed by atoms with Crippen molar-refractivity contribution in [3.8, 4) is 0 Å². The number of nitrogens with one attached hydrogen (secondary N) is 8. The van der Waals surface area contributed by atoms with E-state index in [0.29, 0.717) is 49.3 Å². The largest absolute Gasteiger partial charge is 1.00 e. The van der Waals surface area contributed by atoms with Crippen LogP contribution in [0.4, 0.5) is 0 Å². The third-order valence-corrected chi connectivity index (χ3v) is 13.8. The molecule has 0 amide bonds. The van der Waals surface area contributed by atoms with Gasteiger partial charge < -0.3 is 24.0 Å². The van der Waals surface area contributed by atoms with Gasteiger partial charge in [0, 0.05) is 0 Å². The summed E-state index contributed by atoms with van der Waals surface area (Å²) in [5.74, 6) is 5.97. The molecule has 9 aliphatic rings. The Kier molecular flexibility index (Phi) is 9.97. The summed E-state index contributed by atoms with van der Waals surface area (Å²) >= 11 is 0. The van der Waals surface area contributed by atoms with Crippen molar-refractivity contribution in [2.45, 2.75) is 152 Å². The third-order valence-electron chi connectivity index (χ3n) is 13.8. The second kappa shape index (κ2) is 13.3. The minimum atomic E-state index is 0. The summed E-state index contributed by atoms with van der Waals surface area (Å²) in [6.45, 7) is 0. The van der Waals surface area contributed by atoms with Gasteiger partial charge in [-0.3, -0.25) is 42.5 Å². The minimum absolute atomic E-state index is 0. The molecule has 8 unspecified atom stereocenters. The van der Waals surface area contributed by atoms with Gasteiger partial charge in [-0.05, 0) is 98.7 Å². The Bertz CT molecular complexity index is 723. The molecule has 8 atom stereocenters. The first-order chi connectivity index (χ1) is 19.8. The van der Waals surface area contributed by atoms with Gasteiger partial charge in [0.05, 0.1) is 49.3 Å². The quantitative estimate of drug-likeness (QED) is 0.0990. The number of hydrogen-bond donors (Lipinski definition) is 8. The molecular formula is C32H56ILiN8. The van der Waals surface area contributed by atoms with Gasteiger partial charge in [0.15, 0.2) is 0 Å². The Morgan fingerprint density at radius 2 is 0.357 bits per heavy atom. The second-order valence-electron chi connectivity index (χ2n) is 15.6. The van der Waals surface area contributed by atoms with Crippen molar-refractivity contribution in [1.29, 1.82) is 0 Å². The maximum Gasteiger partial charge on any atom is 1.00 e. The Morgan fingerprint density at radius 1 is 0.238 bits per heavy atom. The first-order valence-corrected chi connectivity index (χ1v) is 17.9. The molecule has 8 nitrogen and oxygen atoms in total. The zero-order valence-corrected chi connectivity index (χ0v) is 28.1. The second-order valence-corrected chi connectivity index (χ2v) is 15.6. The van der Waals surface area contributed by atoms with Gasteiger partial charge in [-0.15, -0.1) is 0 Å². The van der Waals surface area contributed by atoms with Crippen molar-refractivity contribution >= 4 is 0 Å². The van der Waals surface area contributed by atoms with Crippen LogP contribution < -0.4 is 85.4 Å². The average molecular weight is 687 g/mol. The van der Waals surface area contributed by atoms with E-state index in [-0.39, 0.29) is 42.8 Å². The van der Waals surface area contributed by atoms with Crippen LogP contribution in [0.3, 0.4) is 0 Å². The van der Waals surface area contributed by atoms with E-state index in [9.17, 15) is 0 Å². The van der Waals surface area contributed by atoms with Crippen molar-refractivity contribution < 1.29 is 42.8 Å². The summed E-state index contributed by atoms with van der Waals surface area (Å²) in [4.78, 5) is 0. The normalized spacial score (nSPS) is 54.9. The summed E-state index contributed by atoms with van der Waals surface area (Å²) in [5.41, 5.74) is 0. The Labute approximate surface area is 283 Å². The molecule has 5 saturated heterocycles. The molecule has 8 bridgehead atoms. The van der Waals surface area contributed by atoms with Gasteiger partial charge in [0.25, 0.3) is 0 Å². The van der Waals surface area contributed by atoms with Crippen LogP contribution in [0, 0.1) is 47.3 Å². The van der Waals surface area contributed by atoms with Crippen molar-refractivity contribution in [2.24, 2.45) is 47.3 Å². The minimum Gasteiger partial charge on any atom is -1.00 e. The van der Waals surface area contributed by atoms with Crippen LogP contribution in [-0.4, -0.2) is 49.3 Å². The fraction of sp³-hybridized carbons (Fsp3) is 1.00. The van der Waals surface area contributed by atoms with E-state index >= 15 is 0 Å². The van der Waals surface area contributed by atoms with Crippen LogP contribution in [0.1, 0.15) is 103 Å². The number of hydrogen-bond acceptors (Lipinski definition) is 8. The summed E-state index contributed by atoms with van der Waals surface area (Å²) in [7, 11) is 0. The Balaban J connectivity index is 0.00000144. The first-order valence-electron chi connectivity index (χ1n) is 17.9. The molecule has 0 aromatic carbocycles. The topological polar surface area (TPSA) is 96.2 Å². The van der Waals surface area contributed by atoms with Crippen LogP contribution >= 0.6 is 0 Å². The molecule has 4 aliphatic carbocycles. The molecule has 5 heterocycles. The van der Waals surface area contributed by atoms with E-state index < -0.39 is 0 Å². The summed E-state index contributed by atoms with van der Waals surface area (Å²) in [6.07, 6.45) is 25.6. The zero-order chi connectivity index (χ0) is 26.2. The molecular weight excluding hydrogens is 630 g/mol. The fourth-order valence-corrected chi connectivity index (χ4v) is 12.0. The predicted molar refractivity (Wildman–Crippen MR) is 157 cm³/mol. The zero-order valence-electron chi connectivity index (χ0n) is 25.9. The SMILES string of the molecule is C1CCC2C3NC(NC4NC(NC5NC(NC6NC(N3)C3CCCCC63)C3CCCCC53)C3CCCCC43)C2C1.[I-].[Li+]. The van der Waals surface area contributed by atoms with E-state index in [4.69, 9.17) is 0 Å². The maximum atomic E-state index is 4.26. The first kappa shape index (κ1) is 31.6. The summed E-state index contributed by atoms with van der Waals surface area (Å²) in [6, 6.07) is 0. The summed E-state index contributed by atoms with van der Waals surface area (Å²) < 4.78 is 0. The summed E-state index contributed by atoms with van der Waals surface area (Å²) in [5, 5.41) is 33.8. The van der Waals surface area contributed by atoms with Crippen LogP contribution in [0.5, 0.6) is 0 Å². The van der Waals surface area contributed by atoms with Crippen molar-refractivity contribution in [3.05, 3.63) is 0 Å². The average Bonchev–Trinajstić information content (AvgIpc) is 3.73. The smallest absolute Gasteiger partial charge is 1.00 e. The Hall–Kier alpha value is 1.01. The van der Waals surface area contributed by atoms with Crippen LogP contribution in [0.15, 0.2) is 0 Å². The fourth-order valence-electron chi connectivity index (χ4n) is 12.0. The van der Waals surface area contributed by atoms with Crippen molar-refractivity contribution in [2.75, 3.05) is 0 Å². The van der Waals surface area contributed by atoms with E-state index in [2.05, 4.69) is 42.5 Å². The van der Waals surface area contributed by atoms with Gasteiger partial charge in [-0.1, -0.05) is 51.4 Å². The van der Waals surface area contributed by atoms with E-state index in [0.717, 1.165) is 47.3 Å². The van der Waals surface area contributed by atoms with Crippen molar-refractivity contribution in [3.63, 3.8) is 0 Å².